The number of aryl methyl sites for hydroxylation is 1. The van der Waals surface area contributed by atoms with Crippen LogP contribution in [0, 0.1) is 12.7 Å². The zero-order valence-electron chi connectivity index (χ0n) is 17.5. The summed E-state index contributed by atoms with van der Waals surface area (Å²) >= 11 is 1.70. The number of ether oxygens (including phenoxy) is 1. The molecular formula is C21H29Cl2FN4OS. The number of fused-ring (bicyclic) bond motifs is 2. The topological polar surface area (TPSA) is 40.6 Å². The van der Waals surface area contributed by atoms with Crippen LogP contribution in [0.25, 0.3) is 11.9 Å². The third-order valence-corrected chi connectivity index (χ3v) is 6.58. The van der Waals surface area contributed by atoms with Crippen molar-refractivity contribution in [2.45, 2.75) is 25.8 Å². The maximum absolute atomic E-state index is 14.6. The molecular weight excluding hydrogens is 446 g/mol. The van der Waals surface area contributed by atoms with Crippen LogP contribution in [0.3, 0.4) is 0 Å². The van der Waals surface area contributed by atoms with Gasteiger partial charge >= 0.3 is 0 Å². The molecule has 1 fully saturated rings. The van der Waals surface area contributed by atoms with Crippen molar-refractivity contribution in [3.63, 3.8) is 0 Å². The smallest absolute Gasteiger partial charge is 0.135 e. The molecule has 9 heteroatoms. The average molecular weight is 475 g/mol. The Balaban J connectivity index is 0.00000160. The fourth-order valence-corrected chi connectivity index (χ4v) is 4.96. The van der Waals surface area contributed by atoms with Crippen LogP contribution in [0.1, 0.15) is 23.3 Å². The summed E-state index contributed by atoms with van der Waals surface area (Å²) in [6, 6.07) is 4.06. The van der Waals surface area contributed by atoms with E-state index in [1.807, 2.05) is 0 Å². The van der Waals surface area contributed by atoms with E-state index in [9.17, 15) is 4.39 Å². The highest BCUT2D eigenvalue weighted by Gasteiger charge is 2.29. The number of likely N-dealkylation sites (N-methyl/N-ethyl adjacent to an activating group) is 1. The van der Waals surface area contributed by atoms with Gasteiger partial charge in [-0.2, -0.15) is 0 Å². The fraction of sp³-hybridized carbons (Fsp3) is 0.476. The Kier molecular flexibility index (Phi) is 8.94. The molecule has 1 atom stereocenters. The Morgan fingerprint density at radius 2 is 2.13 bits per heavy atom. The van der Waals surface area contributed by atoms with Gasteiger partial charge in [-0.1, -0.05) is 0 Å². The van der Waals surface area contributed by atoms with E-state index < -0.39 is 0 Å². The van der Waals surface area contributed by atoms with Gasteiger partial charge in [-0.15, -0.1) is 36.2 Å². The van der Waals surface area contributed by atoms with Gasteiger partial charge in [-0.25, -0.2) is 4.39 Å². The first kappa shape index (κ1) is 24.9. The summed E-state index contributed by atoms with van der Waals surface area (Å²) in [6.45, 7) is 5.67. The third kappa shape index (κ3) is 4.92. The molecule has 0 saturated carbocycles. The zero-order chi connectivity index (χ0) is 19.7. The van der Waals surface area contributed by atoms with E-state index in [-0.39, 0.29) is 30.6 Å². The standard InChI is InChI=1S/C21H27FN4OS.2ClH/c1-14-11-16-20(26-9-8-25(2)15(13-26)5-4-10-27-3)19-17(12-24-21(16)28-14)18(22)6-7-23-19;;/h6-7,11-12,15,24H,4-5,8-10,13H2,1-3H3;2*1H. The molecule has 0 aliphatic carbocycles. The minimum atomic E-state index is -0.243. The number of nitrogens with one attached hydrogen (secondary N) is 1. The van der Waals surface area contributed by atoms with Crippen molar-refractivity contribution in [1.29, 1.82) is 0 Å². The number of rotatable bonds is 5. The van der Waals surface area contributed by atoms with Gasteiger partial charge in [0.15, 0.2) is 0 Å². The summed E-state index contributed by atoms with van der Waals surface area (Å²) in [5.74, 6) is -0.243. The van der Waals surface area contributed by atoms with Crippen LogP contribution in [-0.2, 0) is 4.74 Å². The number of pyridine rings is 1. The molecule has 166 valence electrons. The molecule has 2 aliphatic rings. The zero-order valence-corrected chi connectivity index (χ0v) is 19.9. The molecule has 0 amide bonds. The molecule has 5 nitrogen and oxygen atoms in total. The lowest BCUT2D eigenvalue weighted by atomic mass is 10.0. The van der Waals surface area contributed by atoms with Crippen LogP contribution in [0.4, 0.5) is 9.39 Å². The van der Waals surface area contributed by atoms with E-state index in [4.69, 9.17) is 4.74 Å². The highest BCUT2D eigenvalue weighted by Crippen LogP contribution is 2.35. The first-order valence-electron chi connectivity index (χ1n) is 9.75. The Hall–Kier alpha value is -1.38. The van der Waals surface area contributed by atoms with Crippen molar-refractivity contribution < 1.29 is 9.13 Å². The number of aromatic nitrogens is 1. The highest BCUT2D eigenvalue weighted by atomic mass is 35.5. The number of halogens is 3. The minimum absolute atomic E-state index is 0. The number of hydrogen-bond acceptors (Lipinski definition) is 6. The van der Waals surface area contributed by atoms with E-state index in [1.165, 1.54) is 10.9 Å². The van der Waals surface area contributed by atoms with E-state index >= 15 is 0 Å². The van der Waals surface area contributed by atoms with Crippen molar-refractivity contribution in [2.24, 2.45) is 0 Å². The van der Waals surface area contributed by atoms with Crippen LogP contribution >= 0.6 is 36.2 Å². The predicted octanol–water partition coefficient (Wildman–Crippen LogP) is 2.80. The molecule has 0 bridgehead atoms. The molecule has 2 aromatic heterocycles. The van der Waals surface area contributed by atoms with Gasteiger partial charge in [-0.05, 0) is 38.9 Å². The summed E-state index contributed by atoms with van der Waals surface area (Å²) in [7, 11) is 3.94. The summed E-state index contributed by atoms with van der Waals surface area (Å²) in [5, 5.41) is 5.63. The van der Waals surface area contributed by atoms with Crippen LogP contribution in [0.2, 0.25) is 0 Å². The first-order valence-corrected chi connectivity index (χ1v) is 10.6. The van der Waals surface area contributed by atoms with Gasteiger partial charge in [0.1, 0.15) is 10.8 Å². The number of methoxy groups -OCH3 is 1. The first-order chi connectivity index (χ1) is 13.6. The number of nitrogens with zero attached hydrogens (tertiary/aromatic N) is 3. The van der Waals surface area contributed by atoms with Crippen molar-refractivity contribution in [1.82, 2.24) is 14.8 Å². The Morgan fingerprint density at radius 3 is 2.90 bits per heavy atom. The Labute approximate surface area is 193 Å². The lowest BCUT2D eigenvalue weighted by Crippen LogP contribution is -2.52. The number of anilines is 1. The molecule has 0 spiro atoms. The highest BCUT2D eigenvalue weighted by molar-refractivity contribution is 7.16. The third-order valence-electron chi connectivity index (χ3n) is 5.60. The molecule has 0 aromatic carbocycles. The van der Waals surface area contributed by atoms with E-state index in [2.05, 4.69) is 40.1 Å². The van der Waals surface area contributed by atoms with Crippen molar-refractivity contribution in [3.8, 4) is 0 Å². The van der Waals surface area contributed by atoms with Crippen LogP contribution in [0.5, 0.6) is 0 Å². The summed E-state index contributed by atoms with van der Waals surface area (Å²) in [5.41, 5.74) is 2.16. The average Bonchev–Trinajstić information content (AvgIpc) is 2.96. The molecule has 1 saturated heterocycles. The maximum Gasteiger partial charge on any atom is 0.135 e. The van der Waals surface area contributed by atoms with Crippen LogP contribution in [-0.4, -0.2) is 61.2 Å². The lowest BCUT2D eigenvalue weighted by molar-refractivity contribution is 0.114. The summed E-state index contributed by atoms with van der Waals surface area (Å²) in [4.78, 5) is 10.7. The summed E-state index contributed by atoms with van der Waals surface area (Å²) in [6.07, 6.45) is 5.44. The van der Waals surface area contributed by atoms with Gasteiger partial charge in [-0.3, -0.25) is 9.88 Å². The normalized spacial score (nSPS) is 18.2. The molecule has 1 N–H and O–H groups in total. The van der Waals surface area contributed by atoms with Crippen molar-refractivity contribution >= 4 is 53.0 Å². The summed E-state index contributed by atoms with van der Waals surface area (Å²) < 4.78 is 19.8. The van der Waals surface area contributed by atoms with Gasteiger partial charge in [0.05, 0.1) is 16.3 Å². The number of piperazine rings is 1. The molecule has 4 rings (SSSR count). The largest absolute Gasteiger partial charge is 0.385 e. The monoisotopic (exact) mass is 474 g/mol. The van der Waals surface area contributed by atoms with Gasteiger partial charge in [0.25, 0.3) is 0 Å². The van der Waals surface area contributed by atoms with Crippen LogP contribution < -0.4 is 15.9 Å². The molecule has 2 aromatic rings. The van der Waals surface area contributed by atoms with Gasteiger partial charge in [0, 0.05) is 62.2 Å². The fourth-order valence-electron chi connectivity index (χ4n) is 4.08. The van der Waals surface area contributed by atoms with Gasteiger partial charge < -0.3 is 15.0 Å². The maximum atomic E-state index is 14.6. The second kappa shape index (κ2) is 10.8. The van der Waals surface area contributed by atoms with E-state index in [1.54, 1.807) is 30.8 Å². The Morgan fingerprint density at radius 1 is 1.33 bits per heavy atom. The minimum Gasteiger partial charge on any atom is -0.385 e. The molecule has 0 radical (unpaired) electrons. The number of thiophene rings is 1. The molecule has 1 unspecified atom stereocenters. The SMILES string of the molecule is COCCCC1CN(C2=c3nccc(F)c3=CNc3sc(C)cc32)CCN1C.Cl.Cl. The van der Waals surface area contributed by atoms with E-state index in [0.717, 1.165) is 60.7 Å². The number of hydrogen-bond donors (Lipinski definition) is 1. The molecule has 2 aliphatic heterocycles. The molecule has 30 heavy (non-hydrogen) atoms. The predicted molar refractivity (Wildman–Crippen MR) is 127 cm³/mol. The van der Waals surface area contributed by atoms with E-state index in [0.29, 0.717) is 11.3 Å². The van der Waals surface area contributed by atoms with Crippen molar-refractivity contribution in [2.75, 3.05) is 45.7 Å². The van der Waals surface area contributed by atoms with Crippen molar-refractivity contribution in [3.05, 3.63) is 45.2 Å². The lowest BCUT2D eigenvalue weighted by Gasteiger charge is -2.41. The quantitative estimate of drug-likeness (QED) is 0.674. The second-order valence-electron chi connectivity index (χ2n) is 7.51. The Bertz CT molecular complexity index is 984. The van der Waals surface area contributed by atoms with Crippen LogP contribution in [0.15, 0.2) is 18.3 Å². The molecule has 4 heterocycles. The van der Waals surface area contributed by atoms with Gasteiger partial charge in [0.2, 0.25) is 0 Å². The second-order valence-corrected chi connectivity index (χ2v) is 8.76.